The van der Waals surface area contributed by atoms with Crippen molar-refractivity contribution >= 4 is 27.0 Å². The summed E-state index contributed by atoms with van der Waals surface area (Å²) in [5.41, 5.74) is 1.32. The minimum atomic E-state index is -4.42. The van der Waals surface area contributed by atoms with Gasteiger partial charge in [-0.25, -0.2) is 22.2 Å². The summed E-state index contributed by atoms with van der Waals surface area (Å²) in [5.74, 6) is -2.30. The Kier molecular flexibility index (Phi) is 4.33. The van der Waals surface area contributed by atoms with Gasteiger partial charge in [-0.1, -0.05) is 24.3 Å². The maximum absolute atomic E-state index is 13.8. The Hall–Kier alpha value is -2.32. The molecule has 4 nitrogen and oxygen atoms in total. The summed E-state index contributed by atoms with van der Waals surface area (Å²) in [6, 6.07) is 9.45. The first kappa shape index (κ1) is 16.5. The van der Waals surface area contributed by atoms with Crippen LogP contribution in [0.3, 0.4) is 0 Å². The highest BCUT2D eigenvalue weighted by Gasteiger charge is 2.25. The van der Waals surface area contributed by atoms with Gasteiger partial charge < -0.3 is 0 Å². The Morgan fingerprint density at radius 3 is 2.33 bits per heavy atom. The molecule has 0 radical (unpaired) electrons. The lowest BCUT2D eigenvalue weighted by molar-refractivity contribution is 0.521. The third kappa shape index (κ3) is 3.15. The molecule has 0 unspecified atom stereocenters. The molecule has 1 aromatic heterocycles. The van der Waals surface area contributed by atoms with E-state index in [9.17, 15) is 17.2 Å². The highest BCUT2D eigenvalue weighted by molar-refractivity contribution is 7.92. The van der Waals surface area contributed by atoms with Gasteiger partial charge in [0.2, 0.25) is 0 Å². The van der Waals surface area contributed by atoms with Gasteiger partial charge in [-0.05, 0) is 25.1 Å². The second-order valence-corrected chi connectivity index (χ2v) is 7.64. The number of aryl methyl sites for hydroxylation is 1. The normalized spacial score (nSPS) is 11.5. The highest BCUT2D eigenvalue weighted by Crippen LogP contribution is 2.31. The number of rotatable bonds is 4. The van der Waals surface area contributed by atoms with Crippen LogP contribution in [0, 0.1) is 18.6 Å². The fourth-order valence-electron chi connectivity index (χ4n) is 2.22. The fourth-order valence-corrected chi connectivity index (χ4v) is 4.05. The fraction of sp³-hybridized carbons (Fsp3) is 0.0625. The number of thiazole rings is 1. The topological polar surface area (TPSA) is 59.1 Å². The Morgan fingerprint density at radius 2 is 1.71 bits per heavy atom. The van der Waals surface area contributed by atoms with Gasteiger partial charge in [-0.3, -0.25) is 4.72 Å². The molecule has 1 heterocycles. The van der Waals surface area contributed by atoms with Crippen LogP contribution in [0.1, 0.15) is 5.01 Å². The van der Waals surface area contributed by atoms with Gasteiger partial charge in [0, 0.05) is 10.9 Å². The summed E-state index contributed by atoms with van der Waals surface area (Å²) in [6.45, 7) is 1.83. The minimum absolute atomic E-state index is 0.199. The van der Waals surface area contributed by atoms with E-state index in [0.29, 0.717) is 11.3 Å². The number of anilines is 1. The largest absolute Gasteiger partial charge is 0.279 e. The average molecular weight is 366 g/mol. The molecule has 0 saturated heterocycles. The molecule has 0 aliphatic heterocycles. The van der Waals surface area contributed by atoms with Crippen molar-refractivity contribution in [2.45, 2.75) is 11.8 Å². The van der Waals surface area contributed by atoms with Gasteiger partial charge in [0.15, 0.2) is 4.90 Å². The second-order valence-electron chi connectivity index (χ2n) is 4.95. The van der Waals surface area contributed by atoms with Crippen molar-refractivity contribution in [2.75, 3.05) is 4.72 Å². The van der Waals surface area contributed by atoms with Crippen molar-refractivity contribution in [1.29, 1.82) is 0 Å². The maximum Gasteiger partial charge on any atom is 0.267 e. The van der Waals surface area contributed by atoms with Crippen LogP contribution in [0.25, 0.3) is 11.3 Å². The molecular weight excluding hydrogens is 354 g/mol. The number of benzene rings is 2. The Bertz CT molecular complexity index is 981. The van der Waals surface area contributed by atoms with Gasteiger partial charge in [-0.2, -0.15) is 0 Å². The minimum Gasteiger partial charge on any atom is -0.279 e. The van der Waals surface area contributed by atoms with E-state index in [4.69, 9.17) is 0 Å². The number of hydrogen-bond acceptors (Lipinski definition) is 4. The van der Waals surface area contributed by atoms with E-state index < -0.39 is 26.6 Å². The lowest BCUT2D eigenvalue weighted by atomic mass is 10.1. The van der Waals surface area contributed by atoms with E-state index in [-0.39, 0.29) is 5.69 Å². The molecule has 0 bridgehead atoms. The zero-order valence-electron chi connectivity index (χ0n) is 12.5. The highest BCUT2D eigenvalue weighted by atomic mass is 32.2. The van der Waals surface area contributed by atoms with Crippen LogP contribution in [0.2, 0.25) is 0 Å². The van der Waals surface area contributed by atoms with Crippen LogP contribution in [0.4, 0.5) is 14.5 Å². The number of para-hydroxylation sites is 1. The number of sulfonamides is 1. The van der Waals surface area contributed by atoms with Crippen LogP contribution in [0.15, 0.2) is 52.7 Å². The molecule has 0 atom stereocenters. The standard InChI is InChI=1S/C16H12F2N2O2S2/c1-10-19-15(9-23-10)11-5-2-3-8-14(11)20-24(21,22)16-12(17)6-4-7-13(16)18/h2-9,20H,1H3. The molecular formula is C16H12F2N2O2S2. The Balaban J connectivity index is 2.06. The molecule has 8 heteroatoms. The van der Waals surface area contributed by atoms with E-state index in [2.05, 4.69) is 9.71 Å². The SMILES string of the molecule is Cc1nc(-c2ccccc2NS(=O)(=O)c2c(F)cccc2F)cs1. The summed E-state index contributed by atoms with van der Waals surface area (Å²) < 4.78 is 54.7. The molecule has 0 spiro atoms. The molecule has 0 aliphatic carbocycles. The van der Waals surface area contributed by atoms with Gasteiger partial charge in [-0.15, -0.1) is 11.3 Å². The van der Waals surface area contributed by atoms with E-state index >= 15 is 0 Å². The van der Waals surface area contributed by atoms with Gasteiger partial charge >= 0.3 is 0 Å². The molecule has 0 saturated carbocycles. The first-order valence-corrected chi connectivity index (χ1v) is 9.23. The first-order valence-electron chi connectivity index (χ1n) is 6.87. The molecule has 124 valence electrons. The second kappa shape index (κ2) is 6.29. The summed E-state index contributed by atoms with van der Waals surface area (Å²) in [4.78, 5) is 3.31. The van der Waals surface area contributed by atoms with Crippen molar-refractivity contribution in [3.8, 4) is 11.3 Å². The summed E-state index contributed by atoms with van der Waals surface area (Å²) in [7, 11) is -4.42. The number of aromatic nitrogens is 1. The van der Waals surface area contributed by atoms with Crippen LogP contribution in [0.5, 0.6) is 0 Å². The molecule has 3 aromatic rings. The van der Waals surface area contributed by atoms with Crippen molar-refractivity contribution in [3.05, 3.63) is 64.5 Å². The summed E-state index contributed by atoms with van der Waals surface area (Å²) in [5, 5.41) is 2.61. The zero-order chi connectivity index (χ0) is 17.3. The van der Waals surface area contributed by atoms with E-state index in [1.807, 2.05) is 6.92 Å². The third-order valence-electron chi connectivity index (χ3n) is 3.25. The monoisotopic (exact) mass is 366 g/mol. The van der Waals surface area contributed by atoms with Crippen LogP contribution in [-0.4, -0.2) is 13.4 Å². The van der Waals surface area contributed by atoms with Crippen molar-refractivity contribution < 1.29 is 17.2 Å². The van der Waals surface area contributed by atoms with Crippen LogP contribution >= 0.6 is 11.3 Å². The van der Waals surface area contributed by atoms with Crippen molar-refractivity contribution in [3.63, 3.8) is 0 Å². The summed E-state index contributed by atoms with van der Waals surface area (Å²) >= 11 is 1.42. The van der Waals surface area contributed by atoms with Gasteiger partial charge in [0.25, 0.3) is 10.0 Å². The lowest BCUT2D eigenvalue weighted by Gasteiger charge is -2.12. The predicted octanol–water partition coefficient (Wildman–Crippen LogP) is 4.20. The maximum atomic E-state index is 13.8. The number of halogens is 2. The molecule has 1 N–H and O–H groups in total. The van der Waals surface area contributed by atoms with Gasteiger partial charge in [0.1, 0.15) is 11.6 Å². The van der Waals surface area contributed by atoms with E-state index in [1.165, 1.54) is 17.4 Å². The predicted molar refractivity (Wildman–Crippen MR) is 89.5 cm³/mol. The van der Waals surface area contributed by atoms with Crippen molar-refractivity contribution in [2.24, 2.45) is 0 Å². The number of nitrogens with one attached hydrogen (secondary N) is 1. The van der Waals surface area contributed by atoms with E-state index in [1.54, 1.807) is 23.6 Å². The van der Waals surface area contributed by atoms with Crippen LogP contribution < -0.4 is 4.72 Å². The third-order valence-corrected chi connectivity index (χ3v) is 5.44. The molecule has 2 aromatic carbocycles. The molecule has 3 rings (SSSR count). The smallest absolute Gasteiger partial charge is 0.267 e. The van der Waals surface area contributed by atoms with Crippen LogP contribution in [-0.2, 0) is 10.0 Å². The Morgan fingerprint density at radius 1 is 1.04 bits per heavy atom. The summed E-state index contributed by atoms with van der Waals surface area (Å²) in [6.07, 6.45) is 0. The van der Waals surface area contributed by atoms with Crippen molar-refractivity contribution in [1.82, 2.24) is 4.98 Å². The molecule has 0 aliphatic rings. The van der Waals surface area contributed by atoms with E-state index in [0.717, 1.165) is 23.2 Å². The lowest BCUT2D eigenvalue weighted by Crippen LogP contribution is -2.17. The number of nitrogens with zero attached hydrogens (tertiary/aromatic N) is 1. The molecule has 0 amide bonds. The number of hydrogen-bond donors (Lipinski definition) is 1. The Labute approximate surface area is 141 Å². The molecule has 0 fully saturated rings. The zero-order valence-corrected chi connectivity index (χ0v) is 14.1. The average Bonchev–Trinajstić information content (AvgIpc) is 2.93. The quantitative estimate of drug-likeness (QED) is 0.753. The van der Waals surface area contributed by atoms with Gasteiger partial charge in [0.05, 0.1) is 16.4 Å². The first-order chi connectivity index (χ1) is 11.4. The molecule has 24 heavy (non-hydrogen) atoms.